The van der Waals surface area contributed by atoms with E-state index in [9.17, 15) is 9.59 Å². The summed E-state index contributed by atoms with van der Waals surface area (Å²) in [6.07, 6.45) is 2.32. The molecule has 1 aliphatic carbocycles. The summed E-state index contributed by atoms with van der Waals surface area (Å²) in [5, 5.41) is 24.2. The zero-order valence-electron chi connectivity index (χ0n) is 16.0. The van der Waals surface area contributed by atoms with Gasteiger partial charge in [-0.25, -0.2) is 0 Å². The van der Waals surface area contributed by atoms with Crippen LogP contribution in [0.2, 0.25) is 5.02 Å². The van der Waals surface area contributed by atoms with Crippen molar-refractivity contribution in [3.63, 3.8) is 0 Å². The minimum atomic E-state index is -0.254. The highest BCUT2D eigenvalue weighted by Gasteiger charge is 2.27. The molecule has 0 unspecified atom stereocenters. The number of benzene rings is 1. The average molecular weight is 464 g/mol. The van der Waals surface area contributed by atoms with Gasteiger partial charge in [0.15, 0.2) is 5.16 Å². The molecule has 30 heavy (non-hydrogen) atoms. The topological polar surface area (TPSA) is 115 Å². The summed E-state index contributed by atoms with van der Waals surface area (Å²) >= 11 is 8.71. The van der Waals surface area contributed by atoms with E-state index < -0.39 is 0 Å². The van der Waals surface area contributed by atoms with Gasteiger partial charge in [-0.05, 0) is 25.0 Å². The molecule has 3 aromatic rings. The van der Waals surface area contributed by atoms with E-state index in [1.165, 1.54) is 23.1 Å². The predicted molar refractivity (Wildman–Crippen MR) is 116 cm³/mol. The monoisotopic (exact) mass is 463 g/mol. The van der Waals surface area contributed by atoms with Gasteiger partial charge in [-0.15, -0.1) is 20.4 Å². The molecule has 0 atom stereocenters. The van der Waals surface area contributed by atoms with Crippen molar-refractivity contribution in [2.45, 2.75) is 30.3 Å². The van der Waals surface area contributed by atoms with Crippen molar-refractivity contribution < 1.29 is 9.59 Å². The molecule has 1 aliphatic rings. The Kier molecular flexibility index (Phi) is 6.30. The molecule has 0 radical (unpaired) electrons. The minimum absolute atomic E-state index is 0.0379. The second kappa shape index (κ2) is 9.11. The molecule has 1 saturated carbocycles. The smallest absolute Gasteiger partial charge is 0.236 e. The maximum Gasteiger partial charge on any atom is 0.236 e. The number of nitrogens with one attached hydrogen (secondary N) is 2. The lowest BCUT2D eigenvalue weighted by Gasteiger charge is -2.07. The highest BCUT2D eigenvalue weighted by Crippen LogP contribution is 2.42. The lowest BCUT2D eigenvalue weighted by atomic mass is 10.3. The van der Waals surface area contributed by atoms with Crippen LogP contribution in [0.1, 0.15) is 29.6 Å². The Balaban J connectivity index is 1.28. The van der Waals surface area contributed by atoms with Gasteiger partial charge in [0.1, 0.15) is 10.8 Å². The van der Waals surface area contributed by atoms with Crippen LogP contribution in [0.15, 0.2) is 29.4 Å². The van der Waals surface area contributed by atoms with E-state index in [-0.39, 0.29) is 24.0 Å². The van der Waals surface area contributed by atoms with Crippen LogP contribution in [-0.4, -0.2) is 42.5 Å². The Hall–Kier alpha value is -2.50. The maximum absolute atomic E-state index is 12.3. The highest BCUT2D eigenvalue weighted by atomic mass is 35.5. The summed E-state index contributed by atoms with van der Waals surface area (Å²) in [5.74, 6) is 0.696. The van der Waals surface area contributed by atoms with Crippen molar-refractivity contribution >= 4 is 57.3 Å². The number of hydrogen-bond donors (Lipinski definition) is 2. The van der Waals surface area contributed by atoms with E-state index in [0.717, 1.165) is 17.8 Å². The van der Waals surface area contributed by atoms with Crippen LogP contribution in [0.3, 0.4) is 0 Å². The van der Waals surface area contributed by atoms with Crippen LogP contribution >= 0.6 is 34.7 Å². The molecule has 4 rings (SSSR count). The summed E-state index contributed by atoms with van der Waals surface area (Å²) in [7, 11) is 1.75. The molecule has 2 N–H and O–H groups in total. The molecular weight excluding hydrogens is 446 g/mol. The molecular formula is C18H18ClN7O2S2. The van der Waals surface area contributed by atoms with Gasteiger partial charge in [0.25, 0.3) is 0 Å². The highest BCUT2D eigenvalue weighted by molar-refractivity contribution is 7.99. The van der Waals surface area contributed by atoms with Gasteiger partial charge in [-0.1, -0.05) is 46.8 Å². The van der Waals surface area contributed by atoms with E-state index in [2.05, 4.69) is 31.0 Å². The number of carbonyl (C=O) groups excluding carboxylic acids is 2. The number of halogens is 1. The summed E-state index contributed by atoms with van der Waals surface area (Å²) in [6, 6.07) is 7.01. The molecule has 1 fully saturated rings. The van der Waals surface area contributed by atoms with Gasteiger partial charge in [0.2, 0.25) is 16.9 Å². The average Bonchev–Trinajstić information content (AvgIpc) is 3.38. The van der Waals surface area contributed by atoms with Crippen LogP contribution in [0.5, 0.6) is 0 Å². The predicted octanol–water partition coefficient (Wildman–Crippen LogP) is 3.11. The van der Waals surface area contributed by atoms with E-state index in [4.69, 9.17) is 11.6 Å². The Morgan fingerprint density at radius 1 is 1.17 bits per heavy atom. The summed E-state index contributed by atoms with van der Waals surface area (Å²) in [6.45, 7) is 0. The Morgan fingerprint density at radius 3 is 2.73 bits per heavy atom. The fraction of sp³-hybridized carbons (Fsp3) is 0.333. The van der Waals surface area contributed by atoms with Crippen molar-refractivity contribution in [1.29, 1.82) is 0 Å². The molecule has 1 aromatic carbocycles. The van der Waals surface area contributed by atoms with Gasteiger partial charge in [-0.2, -0.15) is 0 Å². The summed E-state index contributed by atoms with van der Waals surface area (Å²) in [5.41, 5.74) is 0.541. The Bertz CT molecular complexity index is 1080. The standard InChI is InChI=1S/C18H18ClN7O2S2/c1-26-13(8-14(27)20-12-5-3-2-4-11(12)19)22-25-18(26)29-9-15(28)21-17-24-23-16(30-17)10-6-7-10/h2-5,10H,6-9H2,1H3,(H,20,27)(H,21,24,28). The molecule has 9 nitrogen and oxygen atoms in total. The van der Waals surface area contributed by atoms with Crippen molar-refractivity contribution in [2.24, 2.45) is 7.05 Å². The first kappa shape index (κ1) is 20.8. The first-order chi connectivity index (χ1) is 14.5. The number of thioether (sulfide) groups is 1. The fourth-order valence-electron chi connectivity index (χ4n) is 2.59. The van der Waals surface area contributed by atoms with Crippen molar-refractivity contribution in [3.8, 4) is 0 Å². The zero-order chi connectivity index (χ0) is 21.1. The van der Waals surface area contributed by atoms with Crippen LogP contribution in [0.4, 0.5) is 10.8 Å². The number of rotatable bonds is 8. The van der Waals surface area contributed by atoms with E-state index in [0.29, 0.717) is 32.7 Å². The number of amides is 2. The summed E-state index contributed by atoms with van der Waals surface area (Å²) < 4.78 is 1.69. The third-order valence-corrected chi connectivity index (χ3v) is 6.69. The first-order valence-corrected chi connectivity index (χ1v) is 11.4. The molecule has 0 bridgehead atoms. The second-order valence-electron chi connectivity index (χ2n) is 6.72. The van der Waals surface area contributed by atoms with Gasteiger partial charge >= 0.3 is 0 Å². The van der Waals surface area contributed by atoms with E-state index in [1.54, 1.807) is 35.9 Å². The molecule has 0 saturated heterocycles. The van der Waals surface area contributed by atoms with Gasteiger partial charge in [-0.3, -0.25) is 14.9 Å². The quantitative estimate of drug-likeness (QED) is 0.493. The second-order valence-corrected chi connectivity index (χ2v) is 9.08. The van der Waals surface area contributed by atoms with E-state index >= 15 is 0 Å². The SMILES string of the molecule is Cn1c(CC(=O)Nc2ccccc2Cl)nnc1SCC(=O)Nc1nnc(C2CC2)s1. The maximum atomic E-state index is 12.3. The lowest BCUT2D eigenvalue weighted by Crippen LogP contribution is -2.17. The fourth-order valence-corrected chi connectivity index (χ4v) is 4.43. The van der Waals surface area contributed by atoms with Gasteiger partial charge in [0.05, 0.1) is 22.9 Å². The number of aromatic nitrogens is 5. The number of hydrogen-bond acceptors (Lipinski definition) is 8. The molecule has 0 spiro atoms. The summed E-state index contributed by atoms with van der Waals surface area (Å²) in [4.78, 5) is 24.5. The molecule has 2 aromatic heterocycles. The third-order valence-electron chi connectivity index (χ3n) is 4.34. The molecule has 156 valence electrons. The number of para-hydroxylation sites is 1. The number of carbonyl (C=O) groups is 2. The van der Waals surface area contributed by atoms with Gasteiger partial charge < -0.3 is 9.88 Å². The van der Waals surface area contributed by atoms with Crippen LogP contribution in [-0.2, 0) is 23.1 Å². The van der Waals surface area contributed by atoms with Crippen LogP contribution < -0.4 is 10.6 Å². The van der Waals surface area contributed by atoms with Crippen molar-refractivity contribution in [3.05, 3.63) is 40.1 Å². The first-order valence-electron chi connectivity index (χ1n) is 9.18. The van der Waals surface area contributed by atoms with Crippen molar-refractivity contribution in [2.75, 3.05) is 16.4 Å². The van der Waals surface area contributed by atoms with E-state index in [1.807, 2.05) is 0 Å². The zero-order valence-corrected chi connectivity index (χ0v) is 18.4. The van der Waals surface area contributed by atoms with Gasteiger partial charge in [0, 0.05) is 13.0 Å². The Labute approximate surface area is 185 Å². The number of anilines is 2. The van der Waals surface area contributed by atoms with Crippen LogP contribution in [0, 0.1) is 0 Å². The van der Waals surface area contributed by atoms with Crippen molar-refractivity contribution in [1.82, 2.24) is 25.0 Å². The Morgan fingerprint density at radius 2 is 1.97 bits per heavy atom. The lowest BCUT2D eigenvalue weighted by molar-refractivity contribution is -0.116. The van der Waals surface area contributed by atoms with Crippen LogP contribution in [0.25, 0.3) is 0 Å². The molecule has 2 amide bonds. The molecule has 0 aliphatic heterocycles. The third kappa shape index (κ3) is 5.15. The molecule has 2 heterocycles. The number of nitrogens with zero attached hydrogens (tertiary/aromatic N) is 5. The largest absolute Gasteiger partial charge is 0.324 e. The minimum Gasteiger partial charge on any atom is -0.324 e. The molecule has 12 heteroatoms. The normalized spacial score (nSPS) is 13.3.